The maximum atomic E-state index is 12.3. The summed E-state index contributed by atoms with van der Waals surface area (Å²) in [5.74, 6) is -0.0495. The number of hydrogen-bond donors (Lipinski definition) is 1. The second-order valence-electron chi connectivity index (χ2n) is 4.61. The molecule has 1 atom stereocenters. The summed E-state index contributed by atoms with van der Waals surface area (Å²) < 4.78 is 5.40. The predicted octanol–water partition coefficient (Wildman–Crippen LogP) is 1.84. The van der Waals surface area contributed by atoms with Crippen molar-refractivity contribution >= 4 is 17.5 Å². The fraction of sp³-hybridized carbons (Fsp3) is 0.500. The maximum absolute atomic E-state index is 12.3. The first-order chi connectivity index (χ1) is 9.20. The van der Waals surface area contributed by atoms with Crippen molar-refractivity contribution in [3.05, 3.63) is 34.9 Å². The number of amides is 1. The quantitative estimate of drug-likeness (QED) is 0.897. The summed E-state index contributed by atoms with van der Waals surface area (Å²) in [7, 11) is 0. The number of rotatable bonds is 5. The largest absolute Gasteiger partial charge is 0.395 e. The van der Waals surface area contributed by atoms with Gasteiger partial charge in [0.15, 0.2) is 0 Å². The molecule has 1 N–H and O–H groups in total. The lowest BCUT2D eigenvalue weighted by molar-refractivity contribution is -0.142. The minimum absolute atomic E-state index is 0.0495. The summed E-state index contributed by atoms with van der Waals surface area (Å²) in [4.78, 5) is 13.9. The van der Waals surface area contributed by atoms with Crippen molar-refractivity contribution in [2.24, 2.45) is 0 Å². The van der Waals surface area contributed by atoms with E-state index < -0.39 is 0 Å². The average Bonchev–Trinajstić information content (AvgIpc) is 2.91. The predicted molar refractivity (Wildman–Crippen MR) is 72.9 cm³/mol. The molecule has 1 aliphatic heterocycles. The van der Waals surface area contributed by atoms with Gasteiger partial charge in [0, 0.05) is 24.7 Å². The molecular formula is C14H18ClNO3. The Balaban J connectivity index is 2.04. The number of benzene rings is 1. The fourth-order valence-electron chi connectivity index (χ4n) is 2.22. The van der Waals surface area contributed by atoms with Gasteiger partial charge < -0.3 is 14.7 Å². The van der Waals surface area contributed by atoms with Crippen molar-refractivity contribution < 1.29 is 14.6 Å². The van der Waals surface area contributed by atoms with Crippen molar-refractivity contribution in [1.29, 1.82) is 0 Å². The van der Waals surface area contributed by atoms with E-state index in [1.807, 2.05) is 18.2 Å². The van der Waals surface area contributed by atoms with Gasteiger partial charge in [-0.2, -0.15) is 0 Å². The first kappa shape index (κ1) is 14.3. The summed E-state index contributed by atoms with van der Waals surface area (Å²) in [6.45, 7) is 1.34. The van der Waals surface area contributed by atoms with Gasteiger partial charge in [-0.1, -0.05) is 23.7 Å². The third kappa shape index (κ3) is 3.93. The Morgan fingerprint density at radius 1 is 1.53 bits per heavy atom. The third-order valence-corrected chi connectivity index (χ3v) is 3.38. The van der Waals surface area contributed by atoms with E-state index in [0.717, 1.165) is 18.4 Å². The highest BCUT2D eigenvalue weighted by molar-refractivity contribution is 6.30. The number of carbonyl (C=O) groups is 1. The van der Waals surface area contributed by atoms with Crippen LogP contribution in [0.15, 0.2) is 24.3 Å². The fourth-order valence-corrected chi connectivity index (χ4v) is 2.43. The van der Waals surface area contributed by atoms with Crippen LogP contribution in [0.3, 0.4) is 0 Å². The Kier molecular flexibility index (Phi) is 5.19. The van der Waals surface area contributed by atoms with E-state index >= 15 is 0 Å². The van der Waals surface area contributed by atoms with Gasteiger partial charge in [0.25, 0.3) is 5.91 Å². The number of hydrogen-bond acceptors (Lipinski definition) is 3. The molecule has 2 rings (SSSR count). The average molecular weight is 284 g/mol. The number of aliphatic hydroxyl groups excluding tert-OH is 1. The van der Waals surface area contributed by atoms with Gasteiger partial charge in [-0.25, -0.2) is 0 Å². The molecule has 0 unspecified atom stereocenters. The molecule has 1 saturated heterocycles. The van der Waals surface area contributed by atoms with Gasteiger partial charge in [0.2, 0.25) is 0 Å². The zero-order valence-corrected chi connectivity index (χ0v) is 11.5. The SMILES string of the molecule is O=C([C@@H]1CCCO1)N(CCO)Cc1cccc(Cl)c1. The molecule has 1 fully saturated rings. The zero-order chi connectivity index (χ0) is 13.7. The number of nitrogens with zero attached hydrogens (tertiary/aromatic N) is 1. The van der Waals surface area contributed by atoms with Gasteiger partial charge in [-0.05, 0) is 30.5 Å². The molecular weight excluding hydrogens is 266 g/mol. The van der Waals surface area contributed by atoms with Crippen LogP contribution >= 0.6 is 11.6 Å². The smallest absolute Gasteiger partial charge is 0.252 e. The third-order valence-electron chi connectivity index (χ3n) is 3.15. The minimum atomic E-state index is -0.356. The molecule has 1 amide bonds. The molecule has 1 aromatic carbocycles. The normalized spacial score (nSPS) is 18.5. The Morgan fingerprint density at radius 3 is 3.00 bits per heavy atom. The first-order valence-electron chi connectivity index (χ1n) is 6.46. The Labute approximate surface area is 117 Å². The molecule has 0 bridgehead atoms. The van der Waals surface area contributed by atoms with Crippen LogP contribution < -0.4 is 0 Å². The van der Waals surface area contributed by atoms with Crippen molar-refractivity contribution in [3.63, 3.8) is 0 Å². The Morgan fingerprint density at radius 2 is 2.37 bits per heavy atom. The molecule has 0 spiro atoms. The number of carbonyl (C=O) groups excluding carboxylic acids is 1. The van der Waals surface area contributed by atoms with E-state index in [0.29, 0.717) is 24.7 Å². The lowest BCUT2D eigenvalue weighted by Crippen LogP contribution is -2.40. The van der Waals surface area contributed by atoms with E-state index in [-0.39, 0.29) is 18.6 Å². The summed E-state index contributed by atoms with van der Waals surface area (Å²) in [6.07, 6.45) is 1.32. The van der Waals surface area contributed by atoms with Crippen LogP contribution in [0.2, 0.25) is 5.02 Å². The lowest BCUT2D eigenvalue weighted by Gasteiger charge is -2.24. The summed E-state index contributed by atoms with van der Waals surface area (Å²) in [5.41, 5.74) is 0.951. The molecule has 1 aromatic rings. The van der Waals surface area contributed by atoms with Gasteiger partial charge in [-0.15, -0.1) is 0 Å². The van der Waals surface area contributed by atoms with Crippen LogP contribution in [-0.2, 0) is 16.1 Å². The van der Waals surface area contributed by atoms with E-state index in [1.165, 1.54) is 0 Å². The molecule has 104 valence electrons. The van der Waals surface area contributed by atoms with E-state index in [1.54, 1.807) is 11.0 Å². The summed E-state index contributed by atoms with van der Waals surface area (Å²) in [6, 6.07) is 7.39. The van der Waals surface area contributed by atoms with Crippen LogP contribution in [-0.4, -0.2) is 41.8 Å². The molecule has 5 heteroatoms. The summed E-state index contributed by atoms with van der Waals surface area (Å²) in [5, 5.41) is 9.74. The number of aliphatic hydroxyl groups is 1. The highest BCUT2D eigenvalue weighted by Gasteiger charge is 2.28. The lowest BCUT2D eigenvalue weighted by atomic mass is 10.1. The number of halogens is 1. The molecule has 4 nitrogen and oxygen atoms in total. The van der Waals surface area contributed by atoms with Gasteiger partial charge in [0.05, 0.1) is 6.61 Å². The second-order valence-corrected chi connectivity index (χ2v) is 5.05. The van der Waals surface area contributed by atoms with Crippen molar-refractivity contribution in [2.45, 2.75) is 25.5 Å². The highest BCUT2D eigenvalue weighted by Crippen LogP contribution is 2.17. The standard InChI is InChI=1S/C14H18ClNO3/c15-12-4-1-3-11(9-12)10-16(6-7-17)14(18)13-5-2-8-19-13/h1,3-4,9,13,17H,2,5-8,10H2/t13-/m0/s1. The minimum Gasteiger partial charge on any atom is -0.395 e. The van der Waals surface area contributed by atoms with Crippen LogP contribution in [0.4, 0.5) is 0 Å². The Bertz CT molecular complexity index is 432. The topological polar surface area (TPSA) is 49.8 Å². The molecule has 0 saturated carbocycles. The van der Waals surface area contributed by atoms with E-state index in [4.69, 9.17) is 21.4 Å². The molecule has 0 radical (unpaired) electrons. The van der Waals surface area contributed by atoms with Crippen molar-refractivity contribution in [1.82, 2.24) is 4.90 Å². The van der Waals surface area contributed by atoms with Crippen LogP contribution in [0.25, 0.3) is 0 Å². The zero-order valence-electron chi connectivity index (χ0n) is 10.7. The Hall–Kier alpha value is -1.10. The first-order valence-corrected chi connectivity index (χ1v) is 6.84. The van der Waals surface area contributed by atoms with Gasteiger partial charge >= 0.3 is 0 Å². The highest BCUT2D eigenvalue weighted by atomic mass is 35.5. The van der Waals surface area contributed by atoms with Crippen LogP contribution in [0.1, 0.15) is 18.4 Å². The van der Waals surface area contributed by atoms with Gasteiger partial charge in [-0.3, -0.25) is 4.79 Å². The maximum Gasteiger partial charge on any atom is 0.252 e. The molecule has 1 heterocycles. The molecule has 19 heavy (non-hydrogen) atoms. The molecule has 0 aromatic heterocycles. The van der Waals surface area contributed by atoms with E-state index in [2.05, 4.69) is 0 Å². The van der Waals surface area contributed by atoms with Crippen molar-refractivity contribution in [3.8, 4) is 0 Å². The summed E-state index contributed by atoms with van der Waals surface area (Å²) >= 11 is 5.93. The monoisotopic (exact) mass is 283 g/mol. The van der Waals surface area contributed by atoms with Crippen molar-refractivity contribution in [2.75, 3.05) is 19.8 Å². The number of ether oxygens (including phenoxy) is 1. The van der Waals surface area contributed by atoms with Gasteiger partial charge in [0.1, 0.15) is 6.10 Å². The second kappa shape index (κ2) is 6.89. The molecule has 0 aliphatic carbocycles. The van der Waals surface area contributed by atoms with Crippen LogP contribution in [0, 0.1) is 0 Å². The van der Waals surface area contributed by atoms with E-state index in [9.17, 15) is 4.79 Å². The van der Waals surface area contributed by atoms with Crippen LogP contribution in [0.5, 0.6) is 0 Å². The molecule has 1 aliphatic rings.